The number of nitrogens with one attached hydrogen (secondary N) is 1. The van der Waals surface area contributed by atoms with Crippen molar-refractivity contribution in [1.82, 2.24) is 25.0 Å². The van der Waals surface area contributed by atoms with E-state index in [1.807, 2.05) is 24.3 Å². The third kappa shape index (κ3) is 6.28. The normalized spacial score (nSPS) is 14.5. The molecule has 186 valence electrons. The lowest BCUT2D eigenvalue weighted by Gasteiger charge is -2.33. The molecular formula is C28H37N5O2. The molecule has 0 fully saturated rings. The highest BCUT2D eigenvalue weighted by Crippen LogP contribution is 2.26. The van der Waals surface area contributed by atoms with E-state index >= 15 is 0 Å². The molecule has 2 aromatic heterocycles. The minimum absolute atomic E-state index is 0.111. The zero-order chi connectivity index (χ0) is 24.8. The predicted octanol–water partition coefficient (Wildman–Crippen LogP) is 4.25. The van der Waals surface area contributed by atoms with E-state index in [9.17, 15) is 4.79 Å². The van der Waals surface area contributed by atoms with Crippen molar-refractivity contribution in [2.45, 2.75) is 65.7 Å². The Balaban J connectivity index is 1.45. The molecule has 1 atom stereocenters. The van der Waals surface area contributed by atoms with E-state index < -0.39 is 0 Å². The second kappa shape index (κ2) is 11.5. The monoisotopic (exact) mass is 475 g/mol. The van der Waals surface area contributed by atoms with Gasteiger partial charge in [-0.25, -0.2) is 0 Å². The highest BCUT2D eigenvalue weighted by atomic mass is 16.5. The van der Waals surface area contributed by atoms with Crippen molar-refractivity contribution < 1.29 is 9.53 Å². The van der Waals surface area contributed by atoms with Crippen LogP contribution in [0, 0.1) is 5.92 Å². The van der Waals surface area contributed by atoms with Crippen molar-refractivity contribution in [1.29, 1.82) is 0 Å². The van der Waals surface area contributed by atoms with Gasteiger partial charge in [-0.3, -0.25) is 19.4 Å². The van der Waals surface area contributed by atoms with Gasteiger partial charge in [0.05, 0.1) is 7.11 Å². The average molecular weight is 476 g/mol. The molecule has 1 aromatic carbocycles. The van der Waals surface area contributed by atoms with Crippen LogP contribution >= 0.6 is 0 Å². The van der Waals surface area contributed by atoms with E-state index in [0.717, 1.165) is 55.8 Å². The number of hydrogen-bond donors (Lipinski definition) is 1. The highest BCUT2D eigenvalue weighted by Gasteiger charge is 2.30. The molecule has 7 nitrogen and oxygen atoms in total. The Morgan fingerprint density at radius 3 is 2.63 bits per heavy atom. The first-order chi connectivity index (χ1) is 16.9. The molecule has 0 spiro atoms. The summed E-state index contributed by atoms with van der Waals surface area (Å²) >= 11 is 0. The number of pyridine rings is 1. The topological polar surface area (TPSA) is 72.3 Å². The summed E-state index contributed by atoms with van der Waals surface area (Å²) in [5, 5.41) is 7.85. The minimum atomic E-state index is -0.111. The fourth-order valence-corrected chi connectivity index (χ4v) is 4.69. The van der Waals surface area contributed by atoms with Gasteiger partial charge in [-0.1, -0.05) is 32.0 Å². The summed E-state index contributed by atoms with van der Waals surface area (Å²) in [7, 11) is 1.69. The first-order valence-electron chi connectivity index (χ1n) is 12.6. The highest BCUT2D eigenvalue weighted by molar-refractivity contribution is 5.94. The summed E-state index contributed by atoms with van der Waals surface area (Å²) in [4.78, 5) is 19.8. The number of carbonyl (C=O) groups is 1. The van der Waals surface area contributed by atoms with E-state index in [4.69, 9.17) is 9.84 Å². The summed E-state index contributed by atoms with van der Waals surface area (Å²) in [5.74, 6) is 1.24. The second-order valence-electron chi connectivity index (χ2n) is 9.85. The zero-order valence-corrected chi connectivity index (χ0v) is 21.3. The van der Waals surface area contributed by atoms with Crippen LogP contribution in [0.5, 0.6) is 5.75 Å². The third-order valence-electron chi connectivity index (χ3n) is 6.73. The molecule has 35 heavy (non-hydrogen) atoms. The van der Waals surface area contributed by atoms with E-state index in [2.05, 4.69) is 52.8 Å². The number of amides is 1. The molecule has 0 radical (unpaired) electrons. The van der Waals surface area contributed by atoms with Gasteiger partial charge in [-0.05, 0) is 55.0 Å². The molecule has 0 saturated heterocycles. The van der Waals surface area contributed by atoms with Crippen LogP contribution in [-0.4, -0.2) is 45.3 Å². The van der Waals surface area contributed by atoms with Crippen LogP contribution in [-0.2, 0) is 32.5 Å². The molecule has 3 heterocycles. The number of aromatic nitrogens is 3. The van der Waals surface area contributed by atoms with E-state index in [0.29, 0.717) is 24.2 Å². The van der Waals surface area contributed by atoms with Crippen molar-refractivity contribution in [3.63, 3.8) is 0 Å². The number of fused-ring (bicyclic) bond motifs is 1. The lowest BCUT2D eigenvalue weighted by Crippen LogP contribution is -2.39. The lowest BCUT2D eigenvalue weighted by atomic mass is 9.99. The third-order valence-corrected chi connectivity index (χ3v) is 6.73. The maximum absolute atomic E-state index is 13.2. The van der Waals surface area contributed by atoms with Gasteiger partial charge >= 0.3 is 0 Å². The average Bonchev–Trinajstić information content (AvgIpc) is 3.23. The van der Waals surface area contributed by atoms with Gasteiger partial charge in [0.15, 0.2) is 5.69 Å². The summed E-state index contributed by atoms with van der Waals surface area (Å²) < 4.78 is 7.34. The minimum Gasteiger partial charge on any atom is -0.497 e. The number of ether oxygens (including phenoxy) is 1. The van der Waals surface area contributed by atoms with Crippen molar-refractivity contribution in [3.05, 3.63) is 76.9 Å². The summed E-state index contributed by atoms with van der Waals surface area (Å²) in [6, 6.07) is 12.6. The van der Waals surface area contributed by atoms with Gasteiger partial charge in [-0.15, -0.1) is 0 Å². The molecule has 1 amide bonds. The summed E-state index contributed by atoms with van der Waals surface area (Å²) in [6.07, 6.45) is 6.50. The maximum Gasteiger partial charge on any atom is 0.272 e. The Hall–Kier alpha value is -3.19. The van der Waals surface area contributed by atoms with E-state index in [1.54, 1.807) is 19.5 Å². The number of nitrogens with zero attached hydrogens (tertiary/aromatic N) is 4. The predicted molar refractivity (Wildman–Crippen MR) is 137 cm³/mol. The number of benzene rings is 1. The molecule has 0 bridgehead atoms. The Kier molecular flexibility index (Phi) is 8.18. The molecule has 1 aliphatic heterocycles. The molecule has 7 heteroatoms. The van der Waals surface area contributed by atoms with Gasteiger partial charge < -0.3 is 10.1 Å². The molecule has 0 saturated carbocycles. The Morgan fingerprint density at radius 1 is 1.14 bits per heavy atom. The van der Waals surface area contributed by atoms with Gasteiger partial charge in [0.2, 0.25) is 0 Å². The van der Waals surface area contributed by atoms with Crippen LogP contribution in [0.15, 0.2) is 48.8 Å². The maximum atomic E-state index is 13.2. The fraction of sp³-hybridized carbons (Fsp3) is 0.464. The fourth-order valence-electron chi connectivity index (χ4n) is 4.69. The van der Waals surface area contributed by atoms with Crippen LogP contribution in [0.1, 0.15) is 60.1 Å². The van der Waals surface area contributed by atoms with Crippen LogP contribution < -0.4 is 10.1 Å². The molecule has 0 aliphatic carbocycles. The van der Waals surface area contributed by atoms with Crippen molar-refractivity contribution >= 4 is 5.91 Å². The van der Waals surface area contributed by atoms with Crippen molar-refractivity contribution in [2.75, 3.05) is 13.7 Å². The van der Waals surface area contributed by atoms with Gasteiger partial charge in [0, 0.05) is 62.3 Å². The molecule has 0 unspecified atom stereocenters. The molecule has 1 N–H and O–H groups in total. The summed E-state index contributed by atoms with van der Waals surface area (Å²) in [6.45, 7) is 9.67. The van der Waals surface area contributed by atoms with Crippen LogP contribution in [0.2, 0.25) is 0 Å². The van der Waals surface area contributed by atoms with Crippen molar-refractivity contribution in [2.24, 2.45) is 5.92 Å². The molecule has 4 rings (SSSR count). The number of aryl methyl sites for hydroxylation is 1. The zero-order valence-electron chi connectivity index (χ0n) is 21.3. The largest absolute Gasteiger partial charge is 0.497 e. The van der Waals surface area contributed by atoms with E-state index in [1.165, 1.54) is 11.3 Å². The van der Waals surface area contributed by atoms with Gasteiger partial charge in [0.1, 0.15) is 5.75 Å². The van der Waals surface area contributed by atoms with E-state index in [-0.39, 0.29) is 5.91 Å². The molecular weight excluding hydrogens is 438 g/mol. The second-order valence-corrected chi connectivity index (χ2v) is 9.85. The van der Waals surface area contributed by atoms with Crippen molar-refractivity contribution in [3.8, 4) is 5.75 Å². The van der Waals surface area contributed by atoms with Crippen LogP contribution in [0.3, 0.4) is 0 Å². The van der Waals surface area contributed by atoms with Gasteiger partial charge in [-0.2, -0.15) is 5.10 Å². The number of rotatable bonds is 10. The lowest BCUT2D eigenvalue weighted by molar-refractivity contribution is 0.0941. The number of hydrogen-bond acceptors (Lipinski definition) is 5. The first kappa shape index (κ1) is 24.9. The standard InChI is InChI=1S/C28H37N5O2/c1-20(2)18-33-26-13-15-32(21(3)7-8-22-9-11-24(35-4)12-10-22)19-25(26)27(31-33)28(34)30-17-23-6-5-14-29-16-23/h5-6,9-12,14,16,20-21H,7-8,13,15,17-19H2,1-4H3,(H,30,34)/t21-/m0/s1. The van der Waals surface area contributed by atoms with Crippen LogP contribution in [0.4, 0.5) is 0 Å². The SMILES string of the molecule is COc1ccc(CC[C@H](C)N2CCc3c(c(C(=O)NCc4cccnc4)nn3CC(C)C)C2)cc1. The molecule has 1 aliphatic rings. The quantitative estimate of drug-likeness (QED) is 0.475. The summed E-state index contributed by atoms with van der Waals surface area (Å²) in [5.41, 5.74) is 5.15. The van der Waals surface area contributed by atoms with Gasteiger partial charge in [0.25, 0.3) is 5.91 Å². The first-order valence-corrected chi connectivity index (χ1v) is 12.6. The van der Waals surface area contributed by atoms with Crippen LogP contribution in [0.25, 0.3) is 0 Å². The Morgan fingerprint density at radius 2 is 1.94 bits per heavy atom. The Labute approximate surface area is 208 Å². The Bertz CT molecular complexity index is 1110. The number of methoxy groups -OCH3 is 1. The molecule has 3 aromatic rings. The number of carbonyl (C=O) groups excluding carboxylic acids is 1. The smallest absolute Gasteiger partial charge is 0.272 e.